The number of hydrogen-bond donors (Lipinski definition) is 0. The van der Waals surface area contributed by atoms with E-state index in [4.69, 9.17) is 11.6 Å². The molecule has 2 heterocycles. The molecule has 3 nitrogen and oxygen atoms in total. The topological polar surface area (TPSA) is 30.7 Å². The van der Waals surface area contributed by atoms with Crippen molar-refractivity contribution >= 4 is 23.4 Å². The van der Waals surface area contributed by atoms with Crippen LogP contribution in [0.15, 0.2) is 29.4 Å². The van der Waals surface area contributed by atoms with E-state index in [1.165, 1.54) is 0 Å². The molecule has 0 spiro atoms. The fourth-order valence-corrected chi connectivity index (χ4v) is 2.21. The molecule has 84 valence electrons. The van der Waals surface area contributed by atoms with Crippen molar-refractivity contribution in [2.24, 2.45) is 0 Å². The minimum absolute atomic E-state index is 0.638. The van der Waals surface area contributed by atoms with E-state index in [1.54, 1.807) is 18.0 Å². The summed E-state index contributed by atoms with van der Waals surface area (Å²) in [7, 11) is 0. The summed E-state index contributed by atoms with van der Waals surface area (Å²) in [6.07, 6.45) is 5.78. The lowest BCUT2D eigenvalue weighted by Crippen LogP contribution is -1.94. The molecule has 0 bridgehead atoms. The van der Waals surface area contributed by atoms with Crippen LogP contribution in [0.5, 0.6) is 0 Å². The monoisotopic (exact) mass is 253 g/mol. The van der Waals surface area contributed by atoms with Gasteiger partial charge in [-0.3, -0.25) is 9.67 Å². The molecule has 2 aromatic rings. The smallest absolute Gasteiger partial charge is 0.126 e. The number of aryl methyl sites for hydroxylation is 1. The summed E-state index contributed by atoms with van der Waals surface area (Å²) in [6.45, 7) is 2.90. The van der Waals surface area contributed by atoms with Gasteiger partial charge in [-0.1, -0.05) is 11.6 Å². The molecule has 16 heavy (non-hydrogen) atoms. The lowest BCUT2D eigenvalue weighted by Gasteiger charge is -2.00. The Hall–Kier alpha value is -1.00. The molecule has 0 fully saturated rings. The van der Waals surface area contributed by atoms with Crippen LogP contribution < -0.4 is 0 Å². The molecule has 0 aliphatic carbocycles. The van der Waals surface area contributed by atoms with Crippen molar-refractivity contribution < 1.29 is 0 Å². The highest BCUT2D eigenvalue weighted by Crippen LogP contribution is 2.31. The minimum Gasteiger partial charge on any atom is -0.271 e. The van der Waals surface area contributed by atoms with Crippen molar-refractivity contribution in [3.8, 4) is 11.4 Å². The van der Waals surface area contributed by atoms with Crippen molar-refractivity contribution in [1.29, 1.82) is 0 Å². The lowest BCUT2D eigenvalue weighted by molar-refractivity contribution is 0.660. The van der Waals surface area contributed by atoms with Gasteiger partial charge in [0.15, 0.2) is 0 Å². The Morgan fingerprint density at radius 2 is 2.25 bits per heavy atom. The Kier molecular flexibility index (Phi) is 3.51. The summed E-state index contributed by atoms with van der Waals surface area (Å²) >= 11 is 7.77. The third-order valence-electron chi connectivity index (χ3n) is 2.25. The molecule has 0 aliphatic heterocycles. The van der Waals surface area contributed by atoms with E-state index >= 15 is 0 Å². The van der Waals surface area contributed by atoms with Gasteiger partial charge in [-0.05, 0) is 25.3 Å². The number of pyridine rings is 1. The maximum atomic E-state index is 6.12. The van der Waals surface area contributed by atoms with E-state index in [-0.39, 0.29) is 0 Å². The SMILES string of the molecule is CCn1cc(SC)c(-c2ncccc2Cl)n1. The Balaban J connectivity index is 2.54. The van der Waals surface area contributed by atoms with E-state index in [0.29, 0.717) is 5.02 Å². The number of rotatable bonds is 3. The fraction of sp³-hybridized carbons (Fsp3) is 0.273. The van der Waals surface area contributed by atoms with Gasteiger partial charge >= 0.3 is 0 Å². The maximum Gasteiger partial charge on any atom is 0.126 e. The number of aromatic nitrogens is 3. The molecule has 0 saturated heterocycles. The van der Waals surface area contributed by atoms with E-state index < -0.39 is 0 Å². The second-order valence-electron chi connectivity index (χ2n) is 3.24. The molecular weight excluding hydrogens is 242 g/mol. The Morgan fingerprint density at radius 1 is 1.44 bits per heavy atom. The highest BCUT2D eigenvalue weighted by molar-refractivity contribution is 7.98. The maximum absolute atomic E-state index is 6.12. The van der Waals surface area contributed by atoms with Gasteiger partial charge in [0, 0.05) is 18.9 Å². The predicted octanol–water partition coefficient (Wildman–Crippen LogP) is 3.34. The van der Waals surface area contributed by atoms with Gasteiger partial charge in [0.1, 0.15) is 11.4 Å². The van der Waals surface area contributed by atoms with Gasteiger partial charge in [-0.15, -0.1) is 11.8 Å². The first kappa shape index (κ1) is 11.5. The average molecular weight is 254 g/mol. The van der Waals surface area contributed by atoms with Crippen molar-refractivity contribution in [2.75, 3.05) is 6.26 Å². The first-order valence-electron chi connectivity index (χ1n) is 4.98. The molecule has 0 aromatic carbocycles. The second kappa shape index (κ2) is 4.89. The molecule has 0 amide bonds. The van der Waals surface area contributed by atoms with Crippen molar-refractivity contribution in [3.63, 3.8) is 0 Å². The molecule has 0 unspecified atom stereocenters. The molecule has 0 saturated carbocycles. The van der Waals surface area contributed by atoms with E-state index in [0.717, 1.165) is 22.8 Å². The quantitative estimate of drug-likeness (QED) is 0.786. The molecule has 2 rings (SSSR count). The van der Waals surface area contributed by atoms with Crippen LogP contribution in [0, 0.1) is 0 Å². The van der Waals surface area contributed by atoms with E-state index in [1.807, 2.05) is 29.3 Å². The predicted molar refractivity (Wildman–Crippen MR) is 67.9 cm³/mol. The summed E-state index contributed by atoms with van der Waals surface area (Å²) < 4.78 is 1.90. The molecule has 0 aliphatic rings. The number of thioether (sulfide) groups is 1. The summed E-state index contributed by atoms with van der Waals surface area (Å²) in [5, 5.41) is 5.12. The molecular formula is C11H12ClN3S. The first-order chi connectivity index (χ1) is 7.76. The first-order valence-corrected chi connectivity index (χ1v) is 6.59. The zero-order valence-corrected chi connectivity index (χ0v) is 10.7. The zero-order valence-electron chi connectivity index (χ0n) is 9.14. The number of hydrogen-bond acceptors (Lipinski definition) is 3. The van der Waals surface area contributed by atoms with Gasteiger partial charge in [0.25, 0.3) is 0 Å². The summed E-state index contributed by atoms with van der Waals surface area (Å²) in [4.78, 5) is 5.38. The van der Waals surface area contributed by atoms with Crippen LogP contribution in [0.2, 0.25) is 5.02 Å². The van der Waals surface area contributed by atoms with Crippen LogP contribution in [0.25, 0.3) is 11.4 Å². The normalized spacial score (nSPS) is 10.7. The summed E-state index contributed by atoms with van der Waals surface area (Å²) in [5.41, 5.74) is 1.61. The molecule has 0 atom stereocenters. The number of nitrogens with zero attached hydrogens (tertiary/aromatic N) is 3. The zero-order chi connectivity index (χ0) is 11.5. The van der Waals surface area contributed by atoms with Gasteiger partial charge in [0.2, 0.25) is 0 Å². The van der Waals surface area contributed by atoms with Gasteiger partial charge < -0.3 is 0 Å². The highest BCUT2D eigenvalue weighted by Gasteiger charge is 2.13. The van der Waals surface area contributed by atoms with E-state index in [9.17, 15) is 0 Å². The minimum atomic E-state index is 0.638. The second-order valence-corrected chi connectivity index (χ2v) is 4.49. The molecule has 0 N–H and O–H groups in total. The van der Waals surface area contributed by atoms with Crippen LogP contribution in [0.3, 0.4) is 0 Å². The third kappa shape index (κ3) is 2.08. The number of halogens is 1. The molecule has 2 aromatic heterocycles. The Labute approximate surface area is 104 Å². The molecule has 0 radical (unpaired) electrons. The third-order valence-corrected chi connectivity index (χ3v) is 3.30. The van der Waals surface area contributed by atoms with Crippen LogP contribution in [-0.2, 0) is 6.54 Å². The average Bonchev–Trinajstić information content (AvgIpc) is 2.72. The lowest BCUT2D eigenvalue weighted by atomic mass is 10.3. The fourth-order valence-electron chi connectivity index (χ4n) is 1.44. The molecule has 5 heteroatoms. The van der Waals surface area contributed by atoms with E-state index in [2.05, 4.69) is 17.0 Å². The van der Waals surface area contributed by atoms with Crippen molar-refractivity contribution in [3.05, 3.63) is 29.5 Å². The van der Waals surface area contributed by atoms with Crippen LogP contribution >= 0.6 is 23.4 Å². The van der Waals surface area contributed by atoms with Gasteiger partial charge in [-0.25, -0.2) is 0 Å². The standard InChI is InChI=1S/C11H12ClN3S/c1-3-15-7-9(16-2)11(14-15)10-8(12)5-4-6-13-10/h4-7H,3H2,1-2H3. The summed E-state index contributed by atoms with van der Waals surface area (Å²) in [5.74, 6) is 0. The van der Waals surface area contributed by atoms with Crippen LogP contribution in [0.1, 0.15) is 6.92 Å². The Bertz CT molecular complexity index is 496. The van der Waals surface area contributed by atoms with Gasteiger partial charge in [-0.2, -0.15) is 5.10 Å². The van der Waals surface area contributed by atoms with Gasteiger partial charge in [0.05, 0.1) is 9.92 Å². The van der Waals surface area contributed by atoms with Crippen LogP contribution in [0.4, 0.5) is 0 Å². The Morgan fingerprint density at radius 3 is 2.88 bits per heavy atom. The van der Waals surface area contributed by atoms with Crippen molar-refractivity contribution in [1.82, 2.24) is 14.8 Å². The summed E-state index contributed by atoms with van der Waals surface area (Å²) in [6, 6.07) is 3.65. The highest BCUT2D eigenvalue weighted by atomic mass is 35.5. The largest absolute Gasteiger partial charge is 0.271 e. The van der Waals surface area contributed by atoms with Crippen LogP contribution in [-0.4, -0.2) is 21.0 Å². The van der Waals surface area contributed by atoms with Crippen molar-refractivity contribution in [2.45, 2.75) is 18.4 Å².